The normalized spacial score (nSPS) is 0. The Balaban J connectivity index is 0. The summed E-state index contributed by atoms with van der Waals surface area (Å²) in [5.41, 5.74) is 0. The van der Waals surface area contributed by atoms with Crippen molar-refractivity contribution in [3.63, 3.8) is 0 Å². The second-order valence-electron chi connectivity index (χ2n) is 0. The van der Waals surface area contributed by atoms with Crippen LogP contribution in [0.5, 0.6) is 0 Å². The van der Waals surface area contributed by atoms with Crippen LogP contribution in [0, 0.1) is 0 Å². The fraction of sp³-hybridized carbons (Fsp3) is 1.00. The zero-order valence-electron chi connectivity index (χ0n) is 2.55. The summed E-state index contributed by atoms with van der Waals surface area (Å²) >= 11 is 0. The Bertz CT molecular complexity index is 15.5. The standard InChI is InChI=1S/CH4.B.Cr.Fe.H3P.Si/h1H4;;;;1H3;. The molecule has 0 bridgehead atoms. The van der Waals surface area contributed by atoms with Gasteiger partial charge in [0.15, 0.2) is 0 Å². The van der Waals surface area contributed by atoms with Crippen molar-refractivity contribution >= 4 is 29.3 Å². The van der Waals surface area contributed by atoms with Crippen molar-refractivity contribution in [2.45, 2.75) is 7.43 Å². The molecule has 5 heteroatoms. The van der Waals surface area contributed by atoms with Crippen molar-refractivity contribution < 1.29 is 34.4 Å². The summed E-state index contributed by atoms with van der Waals surface area (Å²) in [5, 5.41) is 0. The fourth-order valence-electron chi connectivity index (χ4n) is 0. The van der Waals surface area contributed by atoms with Crippen molar-refractivity contribution in [2.24, 2.45) is 0 Å². The Labute approximate surface area is 71.1 Å². The van der Waals surface area contributed by atoms with Crippen molar-refractivity contribution in [1.29, 1.82) is 0 Å². The molecule has 0 aromatic heterocycles. The van der Waals surface area contributed by atoms with Crippen molar-refractivity contribution in [2.75, 3.05) is 0 Å². The Kier molecular flexibility index (Phi) is 1370. The topological polar surface area (TPSA) is 0 Å². The van der Waals surface area contributed by atoms with Gasteiger partial charge in [-0.3, -0.25) is 0 Å². The van der Waals surface area contributed by atoms with Crippen LogP contribution in [0.4, 0.5) is 0 Å². The molecule has 0 aliphatic rings. The van der Waals surface area contributed by atoms with Gasteiger partial charge < -0.3 is 0 Å². The van der Waals surface area contributed by atoms with E-state index in [9.17, 15) is 0 Å². The van der Waals surface area contributed by atoms with Gasteiger partial charge in [-0.15, -0.1) is 0 Å². The van der Waals surface area contributed by atoms with Crippen molar-refractivity contribution in [3.05, 3.63) is 0 Å². The first-order chi connectivity index (χ1) is 0. The Morgan fingerprint density at radius 1 is 1.00 bits per heavy atom. The largest absolute Gasteiger partial charge is 0.153 e. The molecule has 0 aromatic carbocycles. The molecule has 0 amide bonds. The molecule has 0 heterocycles. The first-order valence-electron chi connectivity index (χ1n) is 0. The van der Waals surface area contributed by atoms with Gasteiger partial charge in [0.1, 0.15) is 0 Å². The fourth-order valence-corrected chi connectivity index (χ4v) is 0. The van der Waals surface area contributed by atoms with Crippen molar-refractivity contribution in [3.8, 4) is 0 Å². The molecule has 0 aliphatic heterocycles. The molecule has 0 spiro atoms. The summed E-state index contributed by atoms with van der Waals surface area (Å²) < 4.78 is 0. The minimum absolute atomic E-state index is 0. The van der Waals surface area contributed by atoms with Gasteiger partial charge in [-0.05, 0) is 0 Å². The molecule has 0 nitrogen and oxygen atoms in total. The van der Waals surface area contributed by atoms with Crippen LogP contribution in [-0.4, -0.2) is 19.4 Å². The summed E-state index contributed by atoms with van der Waals surface area (Å²) in [6.45, 7) is 0. The first-order valence-corrected chi connectivity index (χ1v) is 0. The van der Waals surface area contributed by atoms with Crippen LogP contribution in [0.25, 0.3) is 0 Å². The number of rotatable bonds is 0. The monoisotopic (exact) mass is 197 g/mol. The van der Waals surface area contributed by atoms with E-state index in [0.29, 0.717) is 0 Å². The number of hydrogen-bond donors (Lipinski definition) is 0. The van der Waals surface area contributed by atoms with Gasteiger partial charge >= 0.3 is 0 Å². The van der Waals surface area contributed by atoms with E-state index in [0.717, 1.165) is 0 Å². The Morgan fingerprint density at radius 2 is 1.00 bits per heavy atom. The van der Waals surface area contributed by atoms with Crippen LogP contribution in [0.15, 0.2) is 0 Å². The second-order valence-corrected chi connectivity index (χ2v) is 0. The zero-order valence-corrected chi connectivity index (χ0v) is 7.34. The quantitative estimate of drug-likeness (QED) is 0.376. The summed E-state index contributed by atoms with van der Waals surface area (Å²) in [7, 11) is 0. The maximum Gasteiger partial charge on any atom is 0 e. The Morgan fingerprint density at radius 3 is 1.00 bits per heavy atom. The summed E-state index contributed by atoms with van der Waals surface area (Å²) in [4.78, 5) is 0. The van der Waals surface area contributed by atoms with E-state index in [-0.39, 0.29) is 71.1 Å². The van der Waals surface area contributed by atoms with E-state index in [1.165, 1.54) is 0 Å². The first kappa shape index (κ1) is 114. The zero-order chi connectivity index (χ0) is 0. The molecule has 0 saturated heterocycles. The molecule has 1 unspecified atom stereocenters. The third-order valence-corrected chi connectivity index (χ3v) is 0. The molecule has 0 aliphatic carbocycles. The van der Waals surface area contributed by atoms with Crippen LogP contribution < -0.4 is 0 Å². The molecule has 7 radical (unpaired) electrons. The van der Waals surface area contributed by atoms with Gasteiger partial charge in [0, 0.05) is 53.8 Å². The van der Waals surface area contributed by atoms with Crippen molar-refractivity contribution in [1.82, 2.24) is 0 Å². The summed E-state index contributed by atoms with van der Waals surface area (Å²) in [6, 6.07) is 0. The van der Waals surface area contributed by atoms with Crippen LogP contribution in [0.2, 0.25) is 0 Å². The molecule has 37 valence electrons. The third-order valence-electron chi connectivity index (χ3n) is 0. The minimum atomic E-state index is 0. The van der Waals surface area contributed by atoms with Crippen LogP contribution >= 0.6 is 9.90 Å². The average molecular weight is 197 g/mol. The molecule has 6 heavy (non-hydrogen) atoms. The third kappa shape index (κ3) is 42.0. The Hall–Kier alpha value is 1.76. The molecule has 0 aromatic rings. The van der Waals surface area contributed by atoms with Gasteiger partial charge in [0.25, 0.3) is 0 Å². The molecular weight excluding hydrogens is 190 g/mol. The van der Waals surface area contributed by atoms with Crippen LogP contribution in [0.1, 0.15) is 7.43 Å². The molecule has 0 fully saturated rings. The van der Waals surface area contributed by atoms with Crippen LogP contribution in [-0.2, 0) is 34.4 Å². The number of hydrogen-bond acceptors (Lipinski definition) is 0. The van der Waals surface area contributed by atoms with E-state index in [2.05, 4.69) is 0 Å². The second kappa shape index (κ2) is 72.2. The molecule has 0 rings (SSSR count). The maximum atomic E-state index is 0. The summed E-state index contributed by atoms with van der Waals surface area (Å²) in [6.07, 6.45) is 0. The maximum absolute atomic E-state index is 0. The molecular formula is CH7BCrFePSi. The average Bonchev–Trinajstić information content (AvgIpc) is 0. The van der Waals surface area contributed by atoms with Gasteiger partial charge in [-0.25, -0.2) is 0 Å². The van der Waals surface area contributed by atoms with Crippen LogP contribution in [0.3, 0.4) is 0 Å². The van der Waals surface area contributed by atoms with Gasteiger partial charge in [-0.1, -0.05) is 7.43 Å². The van der Waals surface area contributed by atoms with E-state index >= 15 is 0 Å². The predicted molar refractivity (Wildman–Crippen MR) is 29.3 cm³/mol. The smallest absolute Gasteiger partial charge is 0 e. The molecule has 0 saturated carbocycles. The molecule has 1 atom stereocenters. The van der Waals surface area contributed by atoms with Gasteiger partial charge in [-0.2, -0.15) is 9.90 Å². The van der Waals surface area contributed by atoms with E-state index in [1.807, 2.05) is 0 Å². The summed E-state index contributed by atoms with van der Waals surface area (Å²) in [5.74, 6) is 0. The van der Waals surface area contributed by atoms with Gasteiger partial charge in [0.05, 0.1) is 0 Å². The SMILES string of the molecule is C.P.[B].[Cr].[Fe].[Si]. The van der Waals surface area contributed by atoms with Gasteiger partial charge in [0.2, 0.25) is 0 Å². The van der Waals surface area contributed by atoms with E-state index in [4.69, 9.17) is 0 Å². The van der Waals surface area contributed by atoms with E-state index < -0.39 is 0 Å². The minimum Gasteiger partial charge on any atom is -0.153 e. The molecule has 0 N–H and O–H groups in total. The predicted octanol–water partition coefficient (Wildman–Crippen LogP) is -0.0724. The van der Waals surface area contributed by atoms with E-state index in [1.54, 1.807) is 0 Å².